The molecule has 160 valence electrons. The van der Waals surface area contributed by atoms with Gasteiger partial charge in [0.15, 0.2) is 23.7 Å². The van der Waals surface area contributed by atoms with Gasteiger partial charge < -0.3 is 24.1 Å². The van der Waals surface area contributed by atoms with Gasteiger partial charge in [-0.25, -0.2) is 4.79 Å². The van der Waals surface area contributed by atoms with Gasteiger partial charge in [-0.15, -0.1) is 0 Å². The van der Waals surface area contributed by atoms with E-state index in [0.717, 1.165) is 31.2 Å². The molecule has 7 nitrogen and oxygen atoms in total. The number of hydrogen-bond acceptors (Lipinski definition) is 7. The van der Waals surface area contributed by atoms with Crippen LogP contribution in [0.5, 0.6) is 11.5 Å². The van der Waals surface area contributed by atoms with Crippen LogP contribution in [0.2, 0.25) is 0 Å². The molecule has 1 aliphatic heterocycles. The van der Waals surface area contributed by atoms with E-state index in [2.05, 4.69) is 6.07 Å². The number of carbonyl (C=O) groups excluding carboxylic acids is 2. The molecule has 0 aromatic heterocycles. The number of carbonyl (C=O) groups is 2. The van der Waals surface area contributed by atoms with Gasteiger partial charge >= 0.3 is 11.9 Å². The van der Waals surface area contributed by atoms with Crippen molar-refractivity contribution >= 4 is 11.9 Å². The molecule has 1 aromatic rings. The molecule has 1 spiro atoms. The minimum atomic E-state index is -1.03. The molecule has 4 aliphatic rings. The summed E-state index contributed by atoms with van der Waals surface area (Å²) in [7, 11) is 1.59. The molecule has 0 saturated heterocycles. The summed E-state index contributed by atoms with van der Waals surface area (Å²) in [5.74, 6) is 0.533. The Morgan fingerprint density at radius 1 is 1.33 bits per heavy atom. The summed E-state index contributed by atoms with van der Waals surface area (Å²) in [6.07, 6.45) is 3.96. The van der Waals surface area contributed by atoms with Gasteiger partial charge in [0.25, 0.3) is 0 Å². The van der Waals surface area contributed by atoms with Crippen LogP contribution in [-0.2, 0) is 30.9 Å². The molecule has 2 bridgehead atoms. The minimum Gasteiger partial charge on any atom is -0.493 e. The lowest BCUT2D eigenvalue weighted by molar-refractivity contribution is -0.170. The van der Waals surface area contributed by atoms with Crippen molar-refractivity contribution in [1.29, 1.82) is 0 Å². The van der Waals surface area contributed by atoms with E-state index >= 15 is 0 Å². The summed E-state index contributed by atoms with van der Waals surface area (Å²) in [5.41, 5.74) is 0.531. The molecule has 1 heterocycles. The molecule has 3 aliphatic carbocycles. The van der Waals surface area contributed by atoms with Crippen molar-refractivity contribution in [2.75, 3.05) is 7.11 Å². The summed E-state index contributed by atoms with van der Waals surface area (Å²) in [4.78, 5) is 23.8. The zero-order chi connectivity index (χ0) is 21.3. The molecule has 0 amide bonds. The Balaban J connectivity index is 1.59. The average molecular weight is 414 g/mol. The van der Waals surface area contributed by atoms with E-state index in [1.165, 1.54) is 19.4 Å². The maximum absolute atomic E-state index is 12.6. The fourth-order valence-corrected chi connectivity index (χ4v) is 6.18. The van der Waals surface area contributed by atoms with E-state index < -0.39 is 35.2 Å². The van der Waals surface area contributed by atoms with Gasteiger partial charge in [0.05, 0.1) is 18.1 Å². The third kappa shape index (κ3) is 2.35. The van der Waals surface area contributed by atoms with Crippen LogP contribution in [0.25, 0.3) is 0 Å². The first-order valence-corrected chi connectivity index (χ1v) is 10.5. The molecule has 1 saturated carbocycles. The fourth-order valence-electron chi connectivity index (χ4n) is 6.18. The second-order valence-electron chi connectivity index (χ2n) is 8.80. The summed E-state index contributed by atoms with van der Waals surface area (Å²) >= 11 is 0. The van der Waals surface area contributed by atoms with Crippen LogP contribution in [0.1, 0.15) is 50.7 Å². The Labute approximate surface area is 174 Å². The van der Waals surface area contributed by atoms with Crippen molar-refractivity contribution < 1.29 is 33.6 Å². The van der Waals surface area contributed by atoms with Crippen LogP contribution >= 0.6 is 0 Å². The highest BCUT2D eigenvalue weighted by Crippen LogP contribution is 2.67. The second kappa shape index (κ2) is 6.48. The van der Waals surface area contributed by atoms with E-state index in [-0.39, 0.29) is 5.92 Å². The quantitative estimate of drug-likeness (QED) is 0.757. The van der Waals surface area contributed by atoms with Crippen molar-refractivity contribution in [2.45, 2.75) is 69.2 Å². The van der Waals surface area contributed by atoms with Crippen molar-refractivity contribution in [1.82, 2.24) is 0 Å². The molecule has 5 atom stereocenters. The predicted octanol–water partition coefficient (Wildman–Crippen LogP) is 2.56. The zero-order valence-electron chi connectivity index (χ0n) is 17.4. The van der Waals surface area contributed by atoms with E-state index in [0.29, 0.717) is 23.7 Å². The Kier molecular flexibility index (Phi) is 4.19. The number of ether oxygens (including phenoxy) is 4. The third-order valence-corrected chi connectivity index (χ3v) is 7.36. The lowest BCUT2D eigenvalue weighted by atomic mass is 9.47. The SMILES string of the molecule is COc1ccc2c3c1O[C@H]1C(OC(=O)[C@H](C)OC(C)=O)=CC[C@@]4(O)[C@H](CCC[C@]314)C2. The lowest BCUT2D eigenvalue weighted by Crippen LogP contribution is -2.67. The number of rotatable bonds is 4. The predicted molar refractivity (Wildman–Crippen MR) is 105 cm³/mol. The van der Waals surface area contributed by atoms with Gasteiger partial charge in [-0.1, -0.05) is 12.5 Å². The van der Waals surface area contributed by atoms with Crippen LogP contribution in [0.3, 0.4) is 0 Å². The van der Waals surface area contributed by atoms with Crippen LogP contribution in [-0.4, -0.2) is 42.0 Å². The monoisotopic (exact) mass is 414 g/mol. The minimum absolute atomic E-state index is 0.123. The topological polar surface area (TPSA) is 91.3 Å². The molecule has 30 heavy (non-hydrogen) atoms. The molecular formula is C23H26O7. The van der Waals surface area contributed by atoms with Crippen LogP contribution in [0, 0.1) is 5.92 Å². The Morgan fingerprint density at radius 2 is 2.13 bits per heavy atom. The average Bonchev–Trinajstić information content (AvgIpc) is 3.04. The number of benzene rings is 1. The first-order chi connectivity index (χ1) is 14.3. The van der Waals surface area contributed by atoms with Gasteiger partial charge in [0.2, 0.25) is 0 Å². The van der Waals surface area contributed by atoms with Crippen molar-refractivity contribution in [3.8, 4) is 11.5 Å². The van der Waals surface area contributed by atoms with Crippen LogP contribution in [0.4, 0.5) is 0 Å². The Bertz CT molecular complexity index is 967. The normalized spacial score (nSPS) is 33.5. The number of aliphatic hydroxyl groups is 1. The highest BCUT2D eigenvalue weighted by atomic mass is 16.6. The standard InChI is InChI=1S/C23H26O7/c1-12(28-13(2)24)21(25)29-17-8-10-23(26)15-5-4-9-22(23)18-14(11-15)6-7-16(27-3)19(18)30-20(17)22/h6-8,12,15,20,26H,4-5,9-11H2,1-3H3/t12-,15+,20-,22-,23+/m0/s1. The van der Waals surface area contributed by atoms with Gasteiger partial charge in [-0.2, -0.15) is 0 Å². The summed E-state index contributed by atoms with van der Waals surface area (Å²) in [6, 6.07) is 3.97. The maximum atomic E-state index is 12.6. The first kappa shape index (κ1) is 19.4. The fraction of sp³-hybridized carbons (Fsp3) is 0.565. The highest BCUT2D eigenvalue weighted by Gasteiger charge is 2.70. The van der Waals surface area contributed by atoms with Crippen molar-refractivity contribution in [3.05, 3.63) is 35.1 Å². The lowest BCUT2D eigenvalue weighted by Gasteiger charge is -2.59. The largest absolute Gasteiger partial charge is 0.493 e. The number of methoxy groups -OCH3 is 1. The number of hydrogen-bond donors (Lipinski definition) is 1. The molecule has 7 heteroatoms. The van der Waals surface area contributed by atoms with Crippen LogP contribution < -0.4 is 9.47 Å². The maximum Gasteiger partial charge on any atom is 0.352 e. The third-order valence-electron chi connectivity index (χ3n) is 7.36. The van der Waals surface area contributed by atoms with E-state index in [9.17, 15) is 14.7 Å². The zero-order valence-corrected chi connectivity index (χ0v) is 17.4. The molecule has 1 N–H and O–H groups in total. The summed E-state index contributed by atoms with van der Waals surface area (Å²) in [6.45, 7) is 2.72. The molecule has 1 fully saturated rings. The highest BCUT2D eigenvalue weighted by molar-refractivity contribution is 5.79. The van der Waals surface area contributed by atoms with Gasteiger partial charge in [0.1, 0.15) is 5.76 Å². The van der Waals surface area contributed by atoms with Crippen LogP contribution in [0.15, 0.2) is 24.0 Å². The van der Waals surface area contributed by atoms with Gasteiger partial charge in [0, 0.05) is 12.5 Å². The van der Waals surface area contributed by atoms with E-state index in [1.54, 1.807) is 13.2 Å². The molecule has 0 radical (unpaired) electrons. The molecule has 0 unspecified atom stereocenters. The Hall–Kier alpha value is -2.54. The van der Waals surface area contributed by atoms with Gasteiger partial charge in [-0.3, -0.25) is 4.79 Å². The first-order valence-electron chi connectivity index (χ1n) is 10.5. The number of esters is 2. The van der Waals surface area contributed by atoms with Gasteiger partial charge in [-0.05, 0) is 56.2 Å². The van der Waals surface area contributed by atoms with E-state index in [4.69, 9.17) is 18.9 Å². The molecular weight excluding hydrogens is 388 g/mol. The Morgan fingerprint density at radius 3 is 2.87 bits per heavy atom. The molecule has 5 rings (SSSR count). The summed E-state index contributed by atoms with van der Waals surface area (Å²) in [5, 5.41) is 12.0. The summed E-state index contributed by atoms with van der Waals surface area (Å²) < 4.78 is 22.6. The second-order valence-corrected chi connectivity index (χ2v) is 8.80. The molecule has 1 aromatic carbocycles. The smallest absolute Gasteiger partial charge is 0.352 e. The van der Waals surface area contributed by atoms with Crippen molar-refractivity contribution in [2.24, 2.45) is 5.92 Å². The van der Waals surface area contributed by atoms with Crippen molar-refractivity contribution in [3.63, 3.8) is 0 Å². The van der Waals surface area contributed by atoms with E-state index in [1.807, 2.05) is 6.07 Å².